The first-order valence-corrected chi connectivity index (χ1v) is 10.4. The van der Waals surface area contributed by atoms with Crippen LogP contribution in [-0.4, -0.2) is 26.7 Å². The van der Waals surface area contributed by atoms with Crippen LogP contribution >= 0.6 is 0 Å². The minimum atomic E-state index is -3.64. The average molecular weight is 365 g/mol. The van der Waals surface area contributed by atoms with E-state index in [4.69, 9.17) is 0 Å². The van der Waals surface area contributed by atoms with E-state index in [1.54, 1.807) is 12.1 Å². The van der Waals surface area contributed by atoms with E-state index in [-0.39, 0.29) is 16.7 Å². The van der Waals surface area contributed by atoms with E-state index >= 15 is 0 Å². The van der Waals surface area contributed by atoms with Crippen LogP contribution in [0, 0.1) is 5.92 Å². The number of amides is 1. The van der Waals surface area contributed by atoms with E-state index in [9.17, 15) is 13.2 Å². The second-order valence-electron chi connectivity index (χ2n) is 6.45. The second kappa shape index (κ2) is 8.99. The molecule has 0 fully saturated rings. The summed E-state index contributed by atoms with van der Waals surface area (Å²) in [6, 6.07) is 6.22. The monoisotopic (exact) mass is 365 g/mol. The normalized spacial score (nSPS) is 16.5. The standard InChI is InChI=1S/C18H27N3O3S/c1-3-7-14(2)18(22)20-15-9-11-16(12-10-15)25(23,24)21-17-8-5-4-6-13-19-17/h9-12,14H,3-8,13H2,1-2H3,(H,19,21)(H,20,22). The van der Waals surface area contributed by atoms with Crippen LogP contribution < -0.4 is 10.0 Å². The van der Waals surface area contributed by atoms with E-state index in [1.807, 2.05) is 13.8 Å². The zero-order valence-corrected chi connectivity index (χ0v) is 15.7. The molecular formula is C18H27N3O3S. The van der Waals surface area contributed by atoms with Crippen molar-refractivity contribution in [2.24, 2.45) is 10.9 Å². The highest BCUT2D eigenvalue weighted by atomic mass is 32.2. The van der Waals surface area contributed by atoms with Crippen LogP contribution in [-0.2, 0) is 14.8 Å². The molecule has 2 N–H and O–H groups in total. The fourth-order valence-electron chi connectivity index (χ4n) is 2.72. The molecule has 1 aliphatic heterocycles. The lowest BCUT2D eigenvalue weighted by Crippen LogP contribution is -2.30. The lowest BCUT2D eigenvalue weighted by molar-refractivity contribution is -0.119. The number of hydrogen-bond acceptors (Lipinski definition) is 4. The van der Waals surface area contributed by atoms with E-state index in [2.05, 4.69) is 15.0 Å². The Morgan fingerprint density at radius 2 is 1.92 bits per heavy atom. The van der Waals surface area contributed by atoms with Crippen molar-refractivity contribution in [3.63, 3.8) is 0 Å². The Morgan fingerprint density at radius 3 is 2.60 bits per heavy atom. The van der Waals surface area contributed by atoms with Gasteiger partial charge in [0.15, 0.2) is 0 Å². The summed E-state index contributed by atoms with van der Waals surface area (Å²) in [5.74, 6) is 0.412. The van der Waals surface area contributed by atoms with E-state index in [0.717, 1.165) is 32.1 Å². The van der Waals surface area contributed by atoms with E-state index in [0.29, 0.717) is 24.5 Å². The van der Waals surface area contributed by atoms with Gasteiger partial charge in [-0.2, -0.15) is 0 Å². The van der Waals surface area contributed by atoms with Crippen molar-refractivity contribution in [2.45, 2.75) is 57.3 Å². The Bertz CT molecular complexity index is 712. The maximum absolute atomic E-state index is 12.5. The summed E-state index contributed by atoms with van der Waals surface area (Å²) in [4.78, 5) is 16.5. The molecule has 1 amide bonds. The van der Waals surface area contributed by atoms with Crippen molar-refractivity contribution >= 4 is 27.5 Å². The smallest absolute Gasteiger partial charge is 0.262 e. The molecule has 25 heavy (non-hydrogen) atoms. The summed E-state index contributed by atoms with van der Waals surface area (Å²) in [7, 11) is -3.64. The molecule has 0 spiro atoms. The SMILES string of the molecule is CCCC(C)C(=O)Nc1ccc(S(=O)(=O)NC2=NCCCCC2)cc1. The lowest BCUT2D eigenvalue weighted by Gasteiger charge is -2.12. The number of hydrogen-bond donors (Lipinski definition) is 2. The summed E-state index contributed by atoms with van der Waals surface area (Å²) < 4.78 is 27.5. The van der Waals surface area contributed by atoms with Crippen molar-refractivity contribution < 1.29 is 13.2 Å². The minimum Gasteiger partial charge on any atom is -0.326 e. The molecule has 0 aromatic heterocycles. The molecule has 0 bridgehead atoms. The molecule has 1 atom stereocenters. The zero-order valence-electron chi connectivity index (χ0n) is 14.9. The number of carbonyl (C=O) groups is 1. The van der Waals surface area contributed by atoms with Crippen LogP contribution in [0.15, 0.2) is 34.2 Å². The summed E-state index contributed by atoms with van der Waals surface area (Å²) in [5, 5.41) is 2.82. The number of sulfonamides is 1. The summed E-state index contributed by atoms with van der Waals surface area (Å²) in [6.07, 6.45) is 5.44. The summed E-state index contributed by atoms with van der Waals surface area (Å²) >= 11 is 0. The number of rotatable bonds is 6. The van der Waals surface area contributed by atoms with Gasteiger partial charge in [0.05, 0.1) is 4.90 Å². The minimum absolute atomic E-state index is 0.0524. The predicted octanol–water partition coefficient (Wildman–Crippen LogP) is 3.31. The molecular weight excluding hydrogens is 338 g/mol. The molecule has 0 saturated heterocycles. The van der Waals surface area contributed by atoms with Crippen molar-refractivity contribution in [1.29, 1.82) is 0 Å². The highest BCUT2D eigenvalue weighted by Crippen LogP contribution is 2.17. The maximum atomic E-state index is 12.5. The Morgan fingerprint density at radius 1 is 1.20 bits per heavy atom. The fraction of sp³-hybridized carbons (Fsp3) is 0.556. The van der Waals surface area contributed by atoms with Gasteiger partial charge in [0, 0.05) is 24.6 Å². The van der Waals surface area contributed by atoms with Crippen molar-refractivity contribution in [1.82, 2.24) is 4.72 Å². The van der Waals surface area contributed by atoms with Crippen molar-refractivity contribution in [3.8, 4) is 0 Å². The van der Waals surface area contributed by atoms with Gasteiger partial charge in [0.25, 0.3) is 10.0 Å². The molecule has 1 heterocycles. The molecule has 0 radical (unpaired) electrons. The summed E-state index contributed by atoms with van der Waals surface area (Å²) in [6.45, 7) is 4.59. The van der Waals surface area contributed by atoms with Gasteiger partial charge in [0.1, 0.15) is 5.84 Å². The largest absolute Gasteiger partial charge is 0.326 e. The molecule has 138 valence electrons. The van der Waals surface area contributed by atoms with Gasteiger partial charge >= 0.3 is 0 Å². The molecule has 7 heteroatoms. The molecule has 2 rings (SSSR count). The fourth-order valence-corrected chi connectivity index (χ4v) is 3.81. The zero-order chi connectivity index (χ0) is 18.3. The van der Waals surface area contributed by atoms with Gasteiger partial charge in [-0.1, -0.05) is 26.7 Å². The number of carbonyl (C=O) groups excluding carboxylic acids is 1. The molecule has 0 aliphatic carbocycles. The Kier molecular flexibility index (Phi) is 6.99. The molecule has 1 aromatic carbocycles. The third-order valence-electron chi connectivity index (χ3n) is 4.23. The van der Waals surface area contributed by atoms with Crippen LogP contribution in [0.25, 0.3) is 0 Å². The van der Waals surface area contributed by atoms with Crippen LogP contribution in [0.2, 0.25) is 0 Å². The first kappa shape index (κ1) is 19.4. The molecule has 0 saturated carbocycles. The van der Waals surface area contributed by atoms with Crippen LogP contribution in [0.1, 0.15) is 52.4 Å². The van der Waals surface area contributed by atoms with E-state index in [1.165, 1.54) is 12.1 Å². The number of aliphatic imine (C=N–C) groups is 1. The molecule has 1 unspecified atom stereocenters. The third-order valence-corrected chi connectivity index (χ3v) is 5.63. The first-order valence-electron chi connectivity index (χ1n) is 8.89. The lowest BCUT2D eigenvalue weighted by atomic mass is 10.1. The number of nitrogens with zero attached hydrogens (tertiary/aromatic N) is 1. The average Bonchev–Trinajstić information content (AvgIpc) is 2.83. The number of nitrogens with one attached hydrogen (secondary N) is 2. The quantitative estimate of drug-likeness (QED) is 0.811. The van der Waals surface area contributed by atoms with Gasteiger partial charge in [-0.05, 0) is 43.5 Å². The number of amidine groups is 1. The predicted molar refractivity (Wildman–Crippen MR) is 100 cm³/mol. The van der Waals surface area contributed by atoms with Gasteiger partial charge in [-0.15, -0.1) is 0 Å². The van der Waals surface area contributed by atoms with Crippen LogP contribution in [0.5, 0.6) is 0 Å². The topological polar surface area (TPSA) is 87.6 Å². The Labute approximate surface area is 150 Å². The number of benzene rings is 1. The van der Waals surface area contributed by atoms with Gasteiger partial charge < -0.3 is 5.32 Å². The first-order chi connectivity index (χ1) is 11.9. The van der Waals surface area contributed by atoms with Gasteiger partial charge in [-0.3, -0.25) is 14.5 Å². The number of anilines is 1. The highest BCUT2D eigenvalue weighted by Gasteiger charge is 2.18. The van der Waals surface area contributed by atoms with Crippen LogP contribution in [0.3, 0.4) is 0 Å². The molecule has 6 nitrogen and oxygen atoms in total. The maximum Gasteiger partial charge on any atom is 0.262 e. The van der Waals surface area contributed by atoms with Gasteiger partial charge in [0.2, 0.25) is 5.91 Å². The third kappa shape index (κ3) is 5.85. The second-order valence-corrected chi connectivity index (χ2v) is 8.13. The van der Waals surface area contributed by atoms with Gasteiger partial charge in [-0.25, -0.2) is 8.42 Å². The Balaban J connectivity index is 2.02. The van der Waals surface area contributed by atoms with E-state index < -0.39 is 10.0 Å². The van der Waals surface area contributed by atoms with Crippen molar-refractivity contribution in [3.05, 3.63) is 24.3 Å². The van der Waals surface area contributed by atoms with Crippen molar-refractivity contribution in [2.75, 3.05) is 11.9 Å². The van der Waals surface area contributed by atoms with Crippen LogP contribution in [0.4, 0.5) is 5.69 Å². The molecule has 1 aliphatic rings. The highest BCUT2D eigenvalue weighted by molar-refractivity contribution is 7.90. The molecule has 1 aromatic rings. The Hall–Kier alpha value is -1.89. The summed E-state index contributed by atoms with van der Waals surface area (Å²) in [5.41, 5.74) is 0.596.